The topological polar surface area (TPSA) is 77.2 Å². The van der Waals surface area contributed by atoms with E-state index in [-0.39, 0.29) is 6.42 Å². The van der Waals surface area contributed by atoms with Gasteiger partial charge in [0.2, 0.25) is 0 Å². The fraction of sp³-hybridized carbons (Fsp3) is 0.417. The molecule has 0 radical (unpaired) electrons. The minimum Gasteiger partial charge on any atom is -0.481 e. The Hall–Kier alpha value is -2.09. The van der Waals surface area contributed by atoms with Gasteiger partial charge in [0.05, 0.1) is 18.3 Å². The minimum absolute atomic E-state index is 0.122. The van der Waals surface area contributed by atoms with E-state index in [0.29, 0.717) is 18.3 Å². The third kappa shape index (κ3) is 2.94. The molecule has 1 aliphatic carbocycles. The van der Waals surface area contributed by atoms with E-state index in [0.717, 1.165) is 18.5 Å². The van der Waals surface area contributed by atoms with E-state index in [9.17, 15) is 4.79 Å². The molecule has 17 heavy (non-hydrogen) atoms. The minimum atomic E-state index is -0.794. The summed E-state index contributed by atoms with van der Waals surface area (Å²) in [5.74, 6) is -0.794. The fourth-order valence-corrected chi connectivity index (χ4v) is 1.75. The smallest absolute Gasteiger partial charge is 0.305 e. The Balaban J connectivity index is 2.09. The lowest BCUT2D eigenvalue weighted by molar-refractivity contribution is -0.136. The molecule has 0 aromatic carbocycles. The van der Waals surface area contributed by atoms with Crippen LogP contribution in [0.1, 0.15) is 25.0 Å². The third-order valence-electron chi connectivity index (χ3n) is 2.75. The lowest BCUT2D eigenvalue weighted by atomic mass is 10.3. The summed E-state index contributed by atoms with van der Waals surface area (Å²) in [6, 6.07) is 5.88. The van der Waals surface area contributed by atoms with Crippen LogP contribution >= 0.6 is 0 Å². The van der Waals surface area contributed by atoms with Crippen molar-refractivity contribution in [2.45, 2.75) is 25.3 Å². The van der Waals surface area contributed by atoms with E-state index in [1.165, 1.54) is 0 Å². The largest absolute Gasteiger partial charge is 0.481 e. The van der Waals surface area contributed by atoms with Crippen LogP contribution in [-0.4, -0.2) is 28.6 Å². The van der Waals surface area contributed by atoms with Gasteiger partial charge in [-0.15, -0.1) is 0 Å². The highest BCUT2D eigenvalue weighted by atomic mass is 16.4. The van der Waals surface area contributed by atoms with E-state index in [1.807, 2.05) is 12.1 Å². The van der Waals surface area contributed by atoms with Gasteiger partial charge in [0, 0.05) is 12.6 Å². The zero-order valence-corrected chi connectivity index (χ0v) is 9.33. The van der Waals surface area contributed by atoms with Crippen molar-refractivity contribution in [1.29, 1.82) is 5.26 Å². The molecular weight excluding hydrogens is 218 g/mol. The van der Waals surface area contributed by atoms with Crippen LogP contribution in [0, 0.1) is 11.3 Å². The molecule has 0 bridgehead atoms. The first kappa shape index (κ1) is 11.4. The monoisotopic (exact) mass is 231 g/mol. The molecule has 1 aliphatic rings. The molecular formula is C12H13N3O2. The maximum absolute atomic E-state index is 10.6. The molecule has 0 unspecified atom stereocenters. The molecule has 5 nitrogen and oxygen atoms in total. The summed E-state index contributed by atoms with van der Waals surface area (Å²) >= 11 is 0. The Bertz CT molecular complexity index is 446. The SMILES string of the molecule is N#Cc1ccc(N(CCC(=O)O)C2CC2)cn1. The van der Waals surface area contributed by atoms with Crippen molar-refractivity contribution >= 4 is 11.7 Å². The highest BCUT2D eigenvalue weighted by Crippen LogP contribution is 2.31. The predicted molar refractivity (Wildman–Crippen MR) is 61.6 cm³/mol. The van der Waals surface area contributed by atoms with Crippen LogP contribution in [0.15, 0.2) is 18.3 Å². The number of hydrogen-bond donors (Lipinski definition) is 1. The molecule has 0 saturated heterocycles. The summed E-state index contributed by atoms with van der Waals surface area (Å²) in [6.07, 6.45) is 3.95. The van der Waals surface area contributed by atoms with Gasteiger partial charge >= 0.3 is 5.97 Å². The third-order valence-corrected chi connectivity index (χ3v) is 2.75. The van der Waals surface area contributed by atoms with Crippen LogP contribution in [0.2, 0.25) is 0 Å². The lowest BCUT2D eigenvalue weighted by Gasteiger charge is -2.23. The van der Waals surface area contributed by atoms with Crippen LogP contribution in [0.4, 0.5) is 5.69 Å². The Morgan fingerprint density at radius 3 is 2.82 bits per heavy atom. The van der Waals surface area contributed by atoms with Crippen molar-refractivity contribution in [2.24, 2.45) is 0 Å². The van der Waals surface area contributed by atoms with Gasteiger partial charge in [-0.1, -0.05) is 0 Å². The summed E-state index contributed by atoms with van der Waals surface area (Å²) < 4.78 is 0. The molecule has 0 aliphatic heterocycles. The van der Waals surface area contributed by atoms with E-state index < -0.39 is 5.97 Å². The van der Waals surface area contributed by atoms with Gasteiger partial charge in [0.25, 0.3) is 0 Å². The lowest BCUT2D eigenvalue weighted by Crippen LogP contribution is -2.28. The van der Waals surface area contributed by atoms with Gasteiger partial charge in [-0.2, -0.15) is 5.26 Å². The molecule has 5 heteroatoms. The first-order chi connectivity index (χ1) is 8.20. The summed E-state index contributed by atoms with van der Waals surface area (Å²) in [6.45, 7) is 0.494. The number of carbonyl (C=O) groups is 1. The van der Waals surface area contributed by atoms with Gasteiger partial charge in [-0.3, -0.25) is 4.79 Å². The second-order valence-corrected chi connectivity index (χ2v) is 4.08. The summed E-state index contributed by atoms with van der Waals surface area (Å²) in [4.78, 5) is 16.7. The molecule has 1 saturated carbocycles. The van der Waals surface area contributed by atoms with Crippen molar-refractivity contribution in [2.75, 3.05) is 11.4 Å². The zero-order chi connectivity index (χ0) is 12.3. The summed E-state index contributed by atoms with van der Waals surface area (Å²) in [5.41, 5.74) is 1.27. The van der Waals surface area contributed by atoms with Crippen molar-refractivity contribution in [3.8, 4) is 6.07 Å². The number of aliphatic carboxylic acids is 1. The number of hydrogen-bond acceptors (Lipinski definition) is 4. The number of pyridine rings is 1. The van der Waals surface area contributed by atoms with Gasteiger partial charge < -0.3 is 10.0 Å². The summed E-state index contributed by atoms with van der Waals surface area (Å²) in [7, 11) is 0. The molecule has 1 fully saturated rings. The van der Waals surface area contributed by atoms with Gasteiger partial charge in [-0.25, -0.2) is 4.98 Å². The van der Waals surface area contributed by atoms with E-state index in [2.05, 4.69) is 9.88 Å². The highest BCUT2D eigenvalue weighted by molar-refractivity contribution is 5.67. The number of aromatic nitrogens is 1. The van der Waals surface area contributed by atoms with E-state index in [4.69, 9.17) is 10.4 Å². The molecule has 2 rings (SSSR count). The van der Waals surface area contributed by atoms with Gasteiger partial charge in [0.1, 0.15) is 11.8 Å². The molecule has 1 N–H and O–H groups in total. The molecule has 1 aromatic rings. The maximum atomic E-state index is 10.6. The molecule has 1 aromatic heterocycles. The second-order valence-electron chi connectivity index (χ2n) is 4.08. The average molecular weight is 231 g/mol. The number of nitriles is 1. The number of rotatable bonds is 5. The number of carboxylic acids is 1. The van der Waals surface area contributed by atoms with E-state index >= 15 is 0 Å². The van der Waals surface area contributed by atoms with Crippen LogP contribution in [-0.2, 0) is 4.79 Å². The van der Waals surface area contributed by atoms with Gasteiger partial charge in [0.15, 0.2) is 0 Å². The van der Waals surface area contributed by atoms with Crippen LogP contribution in [0.25, 0.3) is 0 Å². The Kier molecular flexibility index (Phi) is 3.24. The fourth-order valence-electron chi connectivity index (χ4n) is 1.75. The van der Waals surface area contributed by atoms with Crippen LogP contribution in [0.3, 0.4) is 0 Å². The predicted octanol–water partition coefficient (Wildman–Crippen LogP) is 1.40. The quantitative estimate of drug-likeness (QED) is 0.828. The van der Waals surface area contributed by atoms with Crippen molar-refractivity contribution in [3.05, 3.63) is 24.0 Å². The van der Waals surface area contributed by atoms with E-state index in [1.54, 1.807) is 12.3 Å². The van der Waals surface area contributed by atoms with Crippen LogP contribution in [0.5, 0.6) is 0 Å². The second kappa shape index (κ2) is 4.83. The molecule has 0 atom stereocenters. The number of nitrogens with zero attached hydrogens (tertiary/aromatic N) is 3. The molecule has 0 spiro atoms. The highest BCUT2D eigenvalue weighted by Gasteiger charge is 2.29. The first-order valence-electron chi connectivity index (χ1n) is 5.55. The van der Waals surface area contributed by atoms with Crippen molar-refractivity contribution < 1.29 is 9.90 Å². The molecule has 88 valence electrons. The standard InChI is InChI=1S/C12H13N3O2/c13-7-9-1-2-11(8-14-9)15(10-3-4-10)6-5-12(16)17/h1-2,8,10H,3-6H2,(H,16,17). The first-order valence-corrected chi connectivity index (χ1v) is 5.55. The maximum Gasteiger partial charge on any atom is 0.305 e. The molecule has 0 amide bonds. The number of carboxylic acid groups (broad SMARTS) is 1. The normalized spacial score (nSPS) is 14.1. The summed E-state index contributed by atoms with van der Waals surface area (Å²) in [5, 5.41) is 17.4. The zero-order valence-electron chi connectivity index (χ0n) is 9.33. The molecule has 1 heterocycles. The number of anilines is 1. The Morgan fingerprint density at radius 1 is 1.59 bits per heavy atom. The van der Waals surface area contributed by atoms with Crippen LogP contribution < -0.4 is 4.90 Å². The van der Waals surface area contributed by atoms with Crippen molar-refractivity contribution in [3.63, 3.8) is 0 Å². The Labute approximate surface area is 99.3 Å². The van der Waals surface area contributed by atoms with Gasteiger partial charge in [-0.05, 0) is 25.0 Å². The Morgan fingerprint density at radius 2 is 2.35 bits per heavy atom. The average Bonchev–Trinajstić information content (AvgIpc) is 3.14. The van der Waals surface area contributed by atoms with Crippen molar-refractivity contribution in [1.82, 2.24) is 4.98 Å².